The topological polar surface area (TPSA) is 52.6 Å². The van der Waals surface area contributed by atoms with E-state index in [1.807, 2.05) is 0 Å². The lowest BCUT2D eigenvalue weighted by atomic mass is 10.9. The molecule has 0 aliphatic heterocycles. The summed E-state index contributed by atoms with van der Waals surface area (Å²) in [6, 6.07) is 0. The molecule has 0 saturated heterocycles. The van der Waals surface area contributed by atoms with Crippen molar-refractivity contribution in [3.63, 3.8) is 0 Å². The zero-order chi connectivity index (χ0) is 6.57. The maximum absolute atomic E-state index is 9.88. The van der Waals surface area contributed by atoms with Crippen molar-refractivity contribution in [3.8, 4) is 0 Å². The largest absolute Gasteiger partial charge is 0.296 e. The minimum Gasteiger partial charge on any atom is -0.296 e. The van der Waals surface area contributed by atoms with Gasteiger partial charge in [-0.1, -0.05) is 0 Å². The van der Waals surface area contributed by atoms with E-state index in [9.17, 15) is 4.21 Å². The summed E-state index contributed by atoms with van der Waals surface area (Å²) in [5.41, 5.74) is 0. The number of nitrogens with zero attached hydrogens (tertiary/aromatic N) is 1. The van der Waals surface area contributed by atoms with Gasteiger partial charge >= 0.3 is 0 Å². The van der Waals surface area contributed by atoms with Crippen LogP contribution >= 0.6 is 0 Å². The third kappa shape index (κ3) is 6.03. The van der Waals surface area contributed by atoms with Crippen LogP contribution in [0.15, 0.2) is 0 Å². The highest BCUT2D eigenvalue weighted by molar-refractivity contribution is 7.77. The molecule has 0 heterocycles. The van der Waals surface area contributed by atoms with Crippen LogP contribution in [0.25, 0.3) is 0 Å². The molecule has 1 unspecified atom stereocenters. The van der Waals surface area contributed by atoms with Crippen molar-refractivity contribution in [3.05, 3.63) is 0 Å². The molecule has 5 heteroatoms. The first-order valence-electron chi connectivity index (χ1n) is 2.12. The lowest BCUT2D eigenvalue weighted by Gasteiger charge is -2.06. The smallest absolute Gasteiger partial charge is 0.232 e. The first-order valence-corrected chi connectivity index (χ1v) is 3.22. The summed E-state index contributed by atoms with van der Waals surface area (Å²) in [6.45, 7) is 0.420. The lowest BCUT2D eigenvalue weighted by Crippen LogP contribution is -2.28. The lowest BCUT2D eigenvalue weighted by molar-refractivity contribution is 0.396. The van der Waals surface area contributed by atoms with Gasteiger partial charge in [-0.05, 0) is 14.1 Å². The summed E-state index contributed by atoms with van der Waals surface area (Å²) in [4.78, 5) is 1.76. The van der Waals surface area contributed by atoms with Crippen LogP contribution in [0.1, 0.15) is 0 Å². The van der Waals surface area contributed by atoms with Crippen LogP contribution in [-0.4, -0.2) is 34.4 Å². The van der Waals surface area contributed by atoms with Crippen LogP contribution in [0.3, 0.4) is 0 Å². The normalized spacial score (nSPS) is 14.5. The van der Waals surface area contributed by atoms with Crippen molar-refractivity contribution >= 4 is 11.3 Å². The Bertz CT molecular complexity index is 85.4. The average Bonchev–Trinajstić information content (AvgIpc) is 1.61. The molecule has 0 radical (unpaired) electrons. The van der Waals surface area contributed by atoms with E-state index in [1.54, 1.807) is 19.0 Å². The second-order valence-electron chi connectivity index (χ2n) is 1.63. The molecule has 0 bridgehead atoms. The fourth-order valence-electron chi connectivity index (χ4n) is 0.184. The van der Waals surface area contributed by atoms with Crippen molar-refractivity contribution in [1.29, 1.82) is 0 Å². The van der Waals surface area contributed by atoms with Crippen molar-refractivity contribution < 1.29 is 8.76 Å². The first-order chi connectivity index (χ1) is 3.63. The van der Waals surface area contributed by atoms with Gasteiger partial charge in [0, 0.05) is 0 Å². The number of nitrogens with one attached hydrogen (secondary N) is 1. The molecule has 0 aromatic heterocycles. The van der Waals surface area contributed by atoms with Gasteiger partial charge in [-0.3, -0.25) is 9.45 Å². The van der Waals surface area contributed by atoms with Crippen molar-refractivity contribution in [2.45, 2.75) is 0 Å². The van der Waals surface area contributed by atoms with E-state index in [0.29, 0.717) is 6.67 Å². The third-order valence-electron chi connectivity index (χ3n) is 0.504. The Balaban J connectivity index is 3.05. The van der Waals surface area contributed by atoms with Gasteiger partial charge in [-0.15, -0.1) is 0 Å². The molecule has 0 aliphatic rings. The van der Waals surface area contributed by atoms with Crippen LogP contribution in [0.4, 0.5) is 0 Å². The zero-order valence-corrected chi connectivity index (χ0v) is 5.73. The van der Waals surface area contributed by atoms with Gasteiger partial charge in [0.1, 0.15) is 0 Å². The van der Waals surface area contributed by atoms with Gasteiger partial charge in [0.2, 0.25) is 11.3 Å². The average molecular weight is 138 g/mol. The highest BCUT2D eigenvalue weighted by Crippen LogP contribution is 1.67. The Morgan fingerprint density at radius 3 is 2.38 bits per heavy atom. The summed E-state index contributed by atoms with van der Waals surface area (Å²) in [7, 11) is 3.61. The molecule has 4 nitrogen and oxygen atoms in total. The summed E-state index contributed by atoms with van der Waals surface area (Å²) < 4.78 is 20.3. The summed E-state index contributed by atoms with van der Waals surface area (Å²) in [5, 5.41) is 0. The highest BCUT2D eigenvalue weighted by Gasteiger charge is 1.89. The van der Waals surface area contributed by atoms with Crippen LogP contribution in [0, 0.1) is 0 Å². The first kappa shape index (κ1) is 8.03. The van der Waals surface area contributed by atoms with Gasteiger partial charge in [0.25, 0.3) is 0 Å². The van der Waals surface area contributed by atoms with E-state index in [-0.39, 0.29) is 0 Å². The Morgan fingerprint density at radius 1 is 1.75 bits per heavy atom. The van der Waals surface area contributed by atoms with Crippen molar-refractivity contribution in [2.75, 3.05) is 20.8 Å². The fraction of sp³-hybridized carbons (Fsp3) is 1.00. The van der Waals surface area contributed by atoms with Gasteiger partial charge in [0.05, 0.1) is 6.67 Å². The summed E-state index contributed by atoms with van der Waals surface area (Å²) in [6.07, 6.45) is 0. The Labute approximate surface area is 51.3 Å². The minimum atomic E-state index is -1.88. The molecule has 50 valence electrons. The third-order valence-corrected chi connectivity index (χ3v) is 0.880. The quantitative estimate of drug-likeness (QED) is 0.398. The molecular formula is C3H10N2O2S. The minimum absolute atomic E-state index is 0.420. The SMILES string of the molecule is CN(C)CNS(=O)O. The van der Waals surface area contributed by atoms with E-state index in [0.717, 1.165) is 0 Å². The predicted molar refractivity (Wildman–Crippen MR) is 32.5 cm³/mol. The van der Waals surface area contributed by atoms with Crippen molar-refractivity contribution in [1.82, 2.24) is 9.62 Å². The maximum atomic E-state index is 9.88. The Morgan fingerprint density at radius 2 is 2.25 bits per heavy atom. The van der Waals surface area contributed by atoms with Crippen LogP contribution in [-0.2, 0) is 11.3 Å². The second kappa shape index (κ2) is 3.96. The van der Waals surface area contributed by atoms with E-state index >= 15 is 0 Å². The van der Waals surface area contributed by atoms with E-state index in [4.69, 9.17) is 4.55 Å². The summed E-state index contributed by atoms with van der Waals surface area (Å²) in [5.74, 6) is 0. The van der Waals surface area contributed by atoms with Gasteiger partial charge in [-0.25, -0.2) is 8.93 Å². The summed E-state index contributed by atoms with van der Waals surface area (Å²) >= 11 is -1.88. The van der Waals surface area contributed by atoms with Crippen LogP contribution < -0.4 is 4.72 Å². The number of hydrogen-bond acceptors (Lipinski definition) is 2. The second-order valence-corrected chi connectivity index (χ2v) is 2.42. The van der Waals surface area contributed by atoms with E-state index in [2.05, 4.69) is 4.72 Å². The number of rotatable bonds is 3. The molecule has 8 heavy (non-hydrogen) atoms. The van der Waals surface area contributed by atoms with Crippen LogP contribution in [0.2, 0.25) is 0 Å². The molecule has 0 aliphatic carbocycles. The Kier molecular flexibility index (Phi) is 3.98. The zero-order valence-electron chi connectivity index (χ0n) is 4.92. The Hall–Kier alpha value is 0.0300. The maximum Gasteiger partial charge on any atom is 0.232 e. The standard InChI is InChI=1S/C3H10N2O2S/c1-5(2)3-4-8(6)7/h4H,3H2,1-2H3,(H,6,7). The molecule has 0 fully saturated rings. The molecular weight excluding hydrogens is 128 g/mol. The number of hydrogen-bond donors (Lipinski definition) is 2. The molecule has 0 saturated carbocycles. The van der Waals surface area contributed by atoms with E-state index in [1.165, 1.54) is 0 Å². The molecule has 0 aromatic carbocycles. The van der Waals surface area contributed by atoms with Crippen molar-refractivity contribution in [2.24, 2.45) is 0 Å². The predicted octanol–water partition coefficient (Wildman–Crippen LogP) is -0.768. The van der Waals surface area contributed by atoms with E-state index < -0.39 is 11.3 Å². The molecule has 0 amide bonds. The van der Waals surface area contributed by atoms with Gasteiger partial charge in [0.15, 0.2) is 0 Å². The molecule has 2 N–H and O–H groups in total. The molecule has 1 atom stereocenters. The monoisotopic (exact) mass is 138 g/mol. The highest BCUT2D eigenvalue weighted by atomic mass is 32.2. The van der Waals surface area contributed by atoms with Crippen LogP contribution in [0.5, 0.6) is 0 Å². The molecule has 0 spiro atoms. The fourth-order valence-corrected chi connectivity index (χ4v) is 0.553. The van der Waals surface area contributed by atoms with Gasteiger partial charge in [-0.2, -0.15) is 0 Å². The molecule has 0 aromatic rings. The molecule has 0 rings (SSSR count). The van der Waals surface area contributed by atoms with Gasteiger partial charge < -0.3 is 0 Å².